The summed E-state index contributed by atoms with van der Waals surface area (Å²) in [6.07, 6.45) is 4.69. The van der Waals surface area contributed by atoms with Crippen LogP contribution in [-0.2, 0) is 9.84 Å². The molecule has 1 unspecified atom stereocenters. The molecule has 0 aromatic rings. The molecule has 0 N–H and O–H groups in total. The molecule has 15 heavy (non-hydrogen) atoms. The number of piperidine rings is 1. The van der Waals surface area contributed by atoms with Gasteiger partial charge in [-0.25, -0.2) is 8.42 Å². The molecule has 0 aromatic heterocycles. The fourth-order valence-corrected chi connectivity index (χ4v) is 3.44. The first-order valence-corrected chi connectivity index (χ1v) is 7.85. The third-order valence-electron chi connectivity index (χ3n) is 3.26. The van der Waals surface area contributed by atoms with Gasteiger partial charge in [-0.15, -0.1) is 0 Å². The molecule has 4 heteroatoms. The highest BCUT2D eigenvalue weighted by atomic mass is 32.2. The van der Waals surface area contributed by atoms with Crippen molar-refractivity contribution in [3.63, 3.8) is 0 Å². The largest absolute Gasteiger partial charge is 0.299 e. The molecule has 0 radical (unpaired) electrons. The Morgan fingerprint density at radius 2 is 1.73 bits per heavy atom. The van der Waals surface area contributed by atoms with Crippen LogP contribution in [-0.4, -0.2) is 44.0 Å². The van der Waals surface area contributed by atoms with Crippen LogP contribution in [0.4, 0.5) is 0 Å². The van der Waals surface area contributed by atoms with E-state index in [4.69, 9.17) is 0 Å². The van der Waals surface area contributed by atoms with Crippen molar-refractivity contribution in [1.29, 1.82) is 0 Å². The van der Waals surface area contributed by atoms with Crippen LogP contribution in [0, 0.1) is 0 Å². The summed E-state index contributed by atoms with van der Waals surface area (Å²) in [4.78, 5) is 2.36. The molecule has 1 aliphatic heterocycles. The van der Waals surface area contributed by atoms with E-state index in [-0.39, 0.29) is 11.8 Å². The van der Waals surface area contributed by atoms with Gasteiger partial charge in [0.1, 0.15) is 0 Å². The van der Waals surface area contributed by atoms with Gasteiger partial charge in [0.25, 0.3) is 0 Å². The van der Waals surface area contributed by atoms with Crippen LogP contribution in [0.15, 0.2) is 0 Å². The smallest absolute Gasteiger partial charge is 0.151 e. The summed E-state index contributed by atoms with van der Waals surface area (Å²) >= 11 is 0. The summed E-state index contributed by atoms with van der Waals surface area (Å²) in [6.45, 7) is 5.98. The predicted molar refractivity (Wildman–Crippen MR) is 63.8 cm³/mol. The fourth-order valence-electron chi connectivity index (χ4n) is 2.18. The highest BCUT2D eigenvalue weighted by Crippen LogP contribution is 2.15. The highest BCUT2D eigenvalue weighted by molar-refractivity contribution is 7.91. The lowest BCUT2D eigenvalue weighted by Crippen LogP contribution is -2.43. The highest BCUT2D eigenvalue weighted by Gasteiger charge is 2.23. The summed E-state index contributed by atoms with van der Waals surface area (Å²) in [5.74, 6) is 0.622. The Kier molecular flexibility index (Phi) is 5.06. The average Bonchev–Trinajstić information content (AvgIpc) is 2.27. The molecular formula is C11H23NO2S. The van der Waals surface area contributed by atoms with Crippen molar-refractivity contribution in [3.8, 4) is 0 Å². The number of hydrogen-bond donors (Lipinski definition) is 0. The van der Waals surface area contributed by atoms with Crippen LogP contribution < -0.4 is 0 Å². The molecular weight excluding hydrogens is 210 g/mol. The zero-order valence-corrected chi connectivity index (χ0v) is 10.7. The van der Waals surface area contributed by atoms with Gasteiger partial charge in [-0.2, -0.15) is 0 Å². The van der Waals surface area contributed by atoms with E-state index in [2.05, 4.69) is 11.8 Å². The summed E-state index contributed by atoms with van der Waals surface area (Å²) < 4.78 is 23.2. The quantitative estimate of drug-likeness (QED) is 0.725. The van der Waals surface area contributed by atoms with Crippen LogP contribution >= 0.6 is 0 Å². The zero-order valence-electron chi connectivity index (χ0n) is 9.91. The van der Waals surface area contributed by atoms with E-state index in [1.807, 2.05) is 0 Å². The van der Waals surface area contributed by atoms with Crippen molar-refractivity contribution >= 4 is 9.84 Å². The number of sulfone groups is 1. The Morgan fingerprint density at radius 3 is 2.20 bits per heavy atom. The Hall–Kier alpha value is -0.0900. The van der Waals surface area contributed by atoms with Gasteiger partial charge in [0.05, 0.1) is 5.75 Å². The second-order valence-corrected chi connectivity index (χ2v) is 6.76. The summed E-state index contributed by atoms with van der Waals surface area (Å²) in [7, 11) is -2.82. The van der Waals surface area contributed by atoms with E-state index in [1.165, 1.54) is 19.3 Å². The molecule has 1 fully saturated rings. The van der Waals surface area contributed by atoms with E-state index in [9.17, 15) is 8.42 Å². The lowest BCUT2D eigenvalue weighted by atomic mass is 10.1. The molecule has 1 rings (SSSR count). The topological polar surface area (TPSA) is 37.4 Å². The minimum Gasteiger partial charge on any atom is -0.299 e. The first-order valence-electron chi connectivity index (χ1n) is 6.03. The van der Waals surface area contributed by atoms with Gasteiger partial charge in [0.15, 0.2) is 9.84 Å². The molecule has 1 aliphatic rings. The van der Waals surface area contributed by atoms with Gasteiger partial charge >= 0.3 is 0 Å². The van der Waals surface area contributed by atoms with Gasteiger partial charge in [-0.1, -0.05) is 20.3 Å². The summed E-state index contributed by atoms with van der Waals surface area (Å²) in [6, 6.07) is 0.246. The molecule has 1 atom stereocenters. The Balaban J connectivity index is 2.54. The van der Waals surface area contributed by atoms with Crippen molar-refractivity contribution in [2.45, 2.75) is 45.6 Å². The molecule has 1 heterocycles. The van der Waals surface area contributed by atoms with E-state index in [1.54, 1.807) is 6.92 Å². The summed E-state index contributed by atoms with van der Waals surface area (Å²) in [5.41, 5.74) is 0. The van der Waals surface area contributed by atoms with Crippen molar-refractivity contribution in [1.82, 2.24) is 4.90 Å². The second-order valence-electron chi connectivity index (χ2n) is 4.36. The monoisotopic (exact) mass is 233 g/mol. The van der Waals surface area contributed by atoms with Gasteiger partial charge in [0.2, 0.25) is 0 Å². The third-order valence-corrected chi connectivity index (χ3v) is 5.04. The molecule has 0 bridgehead atoms. The molecule has 0 aliphatic carbocycles. The molecule has 90 valence electrons. The molecule has 0 aromatic carbocycles. The lowest BCUT2D eigenvalue weighted by Gasteiger charge is -2.33. The van der Waals surface area contributed by atoms with Gasteiger partial charge in [-0.05, 0) is 32.4 Å². The maximum absolute atomic E-state index is 11.6. The molecule has 0 saturated carbocycles. The van der Waals surface area contributed by atoms with Crippen LogP contribution in [0.2, 0.25) is 0 Å². The number of nitrogens with zero attached hydrogens (tertiary/aromatic N) is 1. The van der Waals surface area contributed by atoms with Crippen LogP contribution in [0.1, 0.15) is 39.5 Å². The summed E-state index contributed by atoms with van der Waals surface area (Å²) in [5, 5.41) is 0. The van der Waals surface area contributed by atoms with Crippen LogP contribution in [0.5, 0.6) is 0 Å². The minimum absolute atomic E-state index is 0.246. The fraction of sp³-hybridized carbons (Fsp3) is 1.00. The third kappa shape index (κ3) is 4.11. The van der Waals surface area contributed by atoms with E-state index >= 15 is 0 Å². The maximum atomic E-state index is 11.6. The Morgan fingerprint density at radius 1 is 1.13 bits per heavy atom. The lowest BCUT2D eigenvalue weighted by molar-refractivity contribution is 0.172. The van der Waals surface area contributed by atoms with E-state index < -0.39 is 9.84 Å². The first-order chi connectivity index (χ1) is 7.09. The van der Waals surface area contributed by atoms with Gasteiger partial charge in [-0.3, -0.25) is 4.90 Å². The minimum atomic E-state index is -2.82. The van der Waals surface area contributed by atoms with Gasteiger partial charge in [0, 0.05) is 11.8 Å². The first kappa shape index (κ1) is 13.0. The molecule has 0 spiro atoms. The molecule has 1 saturated heterocycles. The average molecular weight is 233 g/mol. The number of hydrogen-bond acceptors (Lipinski definition) is 3. The normalized spacial score (nSPS) is 21.5. The van der Waals surface area contributed by atoms with E-state index in [0.717, 1.165) is 19.5 Å². The standard InChI is InChI=1S/C11H23NO2S/c1-3-11(10-15(13,14)4-2)12-8-6-5-7-9-12/h11H,3-10H2,1-2H3. The van der Waals surface area contributed by atoms with Crippen molar-refractivity contribution in [3.05, 3.63) is 0 Å². The SMILES string of the molecule is CCC(CS(=O)(=O)CC)N1CCCCC1. The maximum Gasteiger partial charge on any atom is 0.151 e. The van der Waals surface area contributed by atoms with Crippen molar-refractivity contribution < 1.29 is 8.42 Å². The second kappa shape index (κ2) is 5.85. The van der Waals surface area contributed by atoms with Crippen LogP contribution in [0.25, 0.3) is 0 Å². The number of rotatable bonds is 5. The zero-order chi connectivity index (χ0) is 11.3. The van der Waals surface area contributed by atoms with Crippen molar-refractivity contribution in [2.75, 3.05) is 24.6 Å². The molecule has 0 amide bonds. The Bertz CT molecular complexity index is 268. The Labute approximate surface area is 93.8 Å². The number of likely N-dealkylation sites (tertiary alicyclic amines) is 1. The van der Waals surface area contributed by atoms with Crippen LogP contribution in [0.3, 0.4) is 0 Å². The predicted octanol–water partition coefficient (Wildman–Crippen LogP) is 1.69. The van der Waals surface area contributed by atoms with Crippen molar-refractivity contribution in [2.24, 2.45) is 0 Å². The van der Waals surface area contributed by atoms with Gasteiger partial charge < -0.3 is 0 Å². The van der Waals surface area contributed by atoms with E-state index in [0.29, 0.717) is 5.75 Å². The molecule has 3 nitrogen and oxygen atoms in total.